The lowest BCUT2D eigenvalue weighted by atomic mass is 9.96. The first kappa shape index (κ1) is 53.6. The topological polar surface area (TPSA) is 307 Å². The van der Waals surface area contributed by atoms with E-state index in [0.29, 0.717) is 6.42 Å². The summed E-state index contributed by atoms with van der Waals surface area (Å²) in [6.07, 6.45) is -3.74. The van der Waals surface area contributed by atoms with Crippen molar-refractivity contribution in [1.29, 1.82) is 0 Å². The Hall–Kier alpha value is -1.73. The third-order valence-electron chi connectivity index (χ3n) is 11.3. The fraction of sp³-hybridized carbons (Fsp3) is 0.881. The van der Waals surface area contributed by atoms with Crippen molar-refractivity contribution in [2.75, 3.05) is 26.4 Å². The van der Waals surface area contributed by atoms with Gasteiger partial charge in [0.2, 0.25) is 5.91 Å². The molecule has 17 atom stereocenters. The first-order valence-corrected chi connectivity index (χ1v) is 22.1. The molecule has 3 heterocycles. The summed E-state index contributed by atoms with van der Waals surface area (Å²) in [7, 11) is 0. The van der Waals surface area contributed by atoms with E-state index in [0.717, 1.165) is 19.3 Å². The molecule has 3 rings (SSSR count). The van der Waals surface area contributed by atoms with Crippen LogP contribution in [0.5, 0.6) is 0 Å². The lowest BCUT2D eigenvalue weighted by molar-refractivity contribution is -0.379. The summed E-state index contributed by atoms with van der Waals surface area (Å²) in [6.45, 7) is 1.06. The summed E-state index contributed by atoms with van der Waals surface area (Å²) < 4.78 is 33.6. The predicted molar refractivity (Wildman–Crippen MR) is 217 cm³/mol. The minimum atomic E-state index is -1.97. The van der Waals surface area contributed by atoms with Gasteiger partial charge >= 0.3 is 0 Å². The van der Waals surface area contributed by atoms with Crippen molar-refractivity contribution in [3.63, 3.8) is 0 Å². The van der Waals surface area contributed by atoms with Crippen LogP contribution in [-0.2, 0) is 33.2 Å². The molecule has 1 amide bonds. The van der Waals surface area contributed by atoms with Gasteiger partial charge < -0.3 is 89.9 Å². The predicted octanol–water partition coefficient (Wildman–Crippen LogP) is -1.09. The van der Waals surface area contributed by atoms with Crippen LogP contribution in [0.1, 0.15) is 104 Å². The Kier molecular flexibility index (Phi) is 25.4. The van der Waals surface area contributed by atoms with E-state index < -0.39 is 124 Å². The molecule has 19 heteroatoms. The van der Waals surface area contributed by atoms with Crippen molar-refractivity contribution in [3.8, 4) is 0 Å². The molecule has 0 aromatic rings. The van der Waals surface area contributed by atoms with Crippen LogP contribution >= 0.6 is 0 Å². The second kappa shape index (κ2) is 28.9. The number of allylic oxidation sites excluding steroid dienone is 3. The number of hydrogen-bond acceptors (Lipinski definition) is 18. The zero-order valence-electron chi connectivity index (χ0n) is 35.6. The van der Waals surface area contributed by atoms with E-state index in [1.165, 1.54) is 63.9 Å². The van der Waals surface area contributed by atoms with Gasteiger partial charge in [0.15, 0.2) is 18.9 Å². The van der Waals surface area contributed by atoms with Crippen molar-refractivity contribution < 1.29 is 89.4 Å². The largest absolute Gasteiger partial charge is 0.394 e. The second-order valence-electron chi connectivity index (χ2n) is 16.1. The highest BCUT2D eigenvalue weighted by Crippen LogP contribution is 2.33. The van der Waals surface area contributed by atoms with Gasteiger partial charge in [-0.1, -0.05) is 95.9 Å². The fourth-order valence-electron chi connectivity index (χ4n) is 7.46. The Labute approximate surface area is 358 Å². The van der Waals surface area contributed by atoms with Gasteiger partial charge in [-0.25, -0.2) is 0 Å². The molecular formula is C42H75NO18. The van der Waals surface area contributed by atoms with Crippen LogP contribution in [0.25, 0.3) is 0 Å². The molecule has 12 N–H and O–H groups in total. The molecule has 0 aliphatic carbocycles. The monoisotopic (exact) mass is 881 g/mol. The third-order valence-corrected chi connectivity index (χ3v) is 11.3. The van der Waals surface area contributed by atoms with Crippen molar-refractivity contribution in [1.82, 2.24) is 5.32 Å². The molecular weight excluding hydrogens is 806 g/mol. The summed E-state index contributed by atoms with van der Waals surface area (Å²) >= 11 is 0. The fourth-order valence-corrected chi connectivity index (χ4v) is 7.46. The SMILES string of the molecule is CCCCCCCCCCCC/C=C/CC/C=C/C(O)C(COC1OC(CO)C(OC2OC(CO)C(OC3OC(CO)C(O)C(O)C3O)C(O)C2O)C(O)C1O)NC(=O)CC. The number of amides is 1. The number of hydrogen-bond donors (Lipinski definition) is 12. The van der Waals surface area contributed by atoms with Gasteiger partial charge in [-0.05, 0) is 25.7 Å². The number of unbranched alkanes of at least 4 members (excludes halogenated alkanes) is 11. The standard InChI is InChI=1S/C42H75NO18/c1-3-5-6-7-8-9-10-11-12-13-14-15-16-17-18-19-20-26(47)25(43-30(48)4-2)24-56-40-36(54)33(51)38(28(22-45)58-40)61-42-37(55)34(52)39(29(23-46)59-42)60-41-35(53)32(50)31(49)27(21-44)57-41/h15-16,19-20,25-29,31-42,44-47,49-55H,3-14,17-18,21-24H2,1-2H3,(H,43,48)/b16-15+,20-19+. The zero-order valence-corrected chi connectivity index (χ0v) is 35.6. The number of ether oxygens (including phenoxy) is 6. The molecule has 19 nitrogen and oxygen atoms in total. The van der Waals surface area contributed by atoms with Gasteiger partial charge in [0.05, 0.1) is 38.6 Å². The molecule has 0 bridgehead atoms. The Morgan fingerprint density at radius 2 is 1.03 bits per heavy atom. The molecule has 3 saturated heterocycles. The lowest BCUT2D eigenvalue weighted by Crippen LogP contribution is -2.66. The Morgan fingerprint density at radius 3 is 1.57 bits per heavy atom. The first-order valence-electron chi connectivity index (χ1n) is 22.1. The maximum atomic E-state index is 12.3. The quantitative estimate of drug-likeness (QED) is 0.0328. The van der Waals surface area contributed by atoms with Gasteiger partial charge in [-0.2, -0.15) is 0 Å². The number of carbonyl (C=O) groups excluding carboxylic acids is 1. The van der Waals surface area contributed by atoms with Crippen LogP contribution in [0.15, 0.2) is 24.3 Å². The average Bonchev–Trinajstić information content (AvgIpc) is 3.26. The lowest BCUT2D eigenvalue weighted by Gasteiger charge is -2.48. The third kappa shape index (κ3) is 16.6. The van der Waals surface area contributed by atoms with Crippen LogP contribution in [0.4, 0.5) is 0 Å². The molecule has 0 saturated carbocycles. The molecule has 17 unspecified atom stereocenters. The minimum Gasteiger partial charge on any atom is -0.394 e. The van der Waals surface area contributed by atoms with E-state index in [1.807, 2.05) is 0 Å². The number of carbonyl (C=O) groups is 1. The van der Waals surface area contributed by atoms with E-state index in [-0.39, 0.29) is 18.9 Å². The normalized spacial score (nSPS) is 35.8. The van der Waals surface area contributed by atoms with E-state index >= 15 is 0 Å². The zero-order chi connectivity index (χ0) is 44.9. The molecule has 356 valence electrons. The second-order valence-corrected chi connectivity index (χ2v) is 16.1. The van der Waals surface area contributed by atoms with Gasteiger partial charge in [-0.15, -0.1) is 0 Å². The van der Waals surface area contributed by atoms with Crippen LogP contribution < -0.4 is 5.32 Å². The van der Waals surface area contributed by atoms with Gasteiger partial charge in [0.1, 0.15) is 73.2 Å². The van der Waals surface area contributed by atoms with Crippen LogP contribution in [-0.4, -0.2) is 193 Å². The number of nitrogens with one attached hydrogen (secondary N) is 1. The molecule has 61 heavy (non-hydrogen) atoms. The Bertz CT molecular complexity index is 1240. The summed E-state index contributed by atoms with van der Waals surface area (Å²) in [5, 5.41) is 118. The highest BCUT2D eigenvalue weighted by Gasteiger charge is 2.53. The molecule has 0 radical (unpaired) electrons. The Balaban J connectivity index is 1.50. The van der Waals surface area contributed by atoms with Crippen molar-refractivity contribution in [3.05, 3.63) is 24.3 Å². The maximum absolute atomic E-state index is 12.3. The van der Waals surface area contributed by atoms with E-state index in [4.69, 9.17) is 28.4 Å². The van der Waals surface area contributed by atoms with E-state index in [1.54, 1.807) is 13.0 Å². The number of rotatable bonds is 28. The summed E-state index contributed by atoms with van der Waals surface area (Å²) in [5.41, 5.74) is 0. The highest BCUT2D eigenvalue weighted by molar-refractivity contribution is 5.75. The van der Waals surface area contributed by atoms with Crippen molar-refractivity contribution in [2.45, 2.75) is 208 Å². The van der Waals surface area contributed by atoms with Crippen LogP contribution in [0.2, 0.25) is 0 Å². The molecule has 3 fully saturated rings. The molecule has 0 aromatic carbocycles. The van der Waals surface area contributed by atoms with Crippen LogP contribution in [0.3, 0.4) is 0 Å². The minimum absolute atomic E-state index is 0.116. The average molecular weight is 882 g/mol. The van der Waals surface area contributed by atoms with Crippen molar-refractivity contribution >= 4 is 5.91 Å². The molecule has 3 aliphatic rings. The molecule has 0 spiro atoms. The van der Waals surface area contributed by atoms with Crippen LogP contribution in [0, 0.1) is 0 Å². The summed E-state index contributed by atoms with van der Waals surface area (Å²) in [5.74, 6) is -0.377. The maximum Gasteiger partial charge on any atom is 0.220 e. The molecule has 0 aromatic heterocycles. The number of aliphatic hydroxyl groups is 11. The highest BCUT2D eigenvalue weighted by atomic mass is 16.8. The van der Waals surface area contributed by atoms with E-state index in [2.05, 4.69) is 24.4 Å². The van der Waals surface area contributed by atoms with Gasteiger partial charge in [-0.3, -0.25) is 4.79 Å². The van der Waals surface area contributed by atoms with Gasteiger partial charge in [0, 0.05) is 6.42 Å². The summed E-state index contributed by atoms with van der Waals surface area (Å²) in [4.78, 5) is 12.3. The van der Waals surface area contributed by atoms with E-state index in [9.17, 15) is 61.0 Å². The summed E-state index contributed by atoms with van der Waals surface area (Å²) in [6, 6.07) is -0.981. The first-order chi connectivity index (χ1) is 29.3. The number of aliphatic hydroxyl groups excluding tert-OH is 11. The smallest absolute Gasteiger partial charge is 0.220 e. The molecule has 3 aliphatic heterocycles. The van der Waals surface area contributed by atoms with Crippen molar-refractivity contribution in [2.24, 2.45) is 0 Å². The van der Waals surface area contributed by atoms with Gasteiger partial charge in [0.25, 0.3) is 0 Å². The Morgan fingerprint density at radius 1 is 0.574 bits per heavy atom.